The predicted molar refractivity (Wildman–Crippen MR) is 67.4 cm³/mol. The van der Waals surface area contributed by atoms with Crippen molar-refractivity contribution in [1.82, 2.24) is 9.62 Å². The average molecular weight is 254 g/mol. The van der Waals surface area contributed by atoms with Gasteiger partial charge in [-0.1, -0.05) is 12.1 Å². The van der Waals surface area contributed by atoms with Crippen molar-refractivity contribution in [2.24, 2.45) is 0 Å². The predicted octanol–water partition coefficient (Wildman–Crippen LogP) is 0.977. The van der Waals surface area contributed by atoms with Crippen LogP contribution < -0.4 is 5.32 Å². The maximum atomic E-state index is 12.4. The van der Waals surface area contributed by atoms with Crippen LogP contribution in [-0.4, -0.2) is 38.4 Å². The molecular weight excluding hydrogens is 236 g/mol. The third-order valence-electron chi connectivity index (χ3n) is 3.04. The first-order valence-corrected chi connectivity index (χ1v) is 7.25. The first-order chi connectivity index (χ1) is 8.01. The molecule has 0 amide bonds. The van der Waals surface area contributed by atoms with Crippen molar-refractivity contribution in [3.63, 3.8) is 0 Å². The molecule has 0 aliphatic carbocycles. The SMILES string of the molecule is Cc1cccc(S(=O)(=O)N2CCNCC2C)c1. The van der Waals surface area contributed by atoms with E-state index in [2.05, 4.69) is 5.32 Å². The topological polar surface area (TPSA) is 49.4 Å². The second kappa shape index (κ2) is 4.76. The lowest BCUT2D eigenvalue weighted by Gasteiger charge is -2.32. The molecule has 1 saturated heterocycles. The summed E-state index contributed by atoms with van der Waals surface area (Å²) in [5.41, 5.74) is 0.967. The Bertz CT molecular complexity index is 499. The van der Waals surface area contributed by atoms with Gasteiger partial charge in [-0.25, -0.2) is 8.42 Å². The van der Waals surface area contributed by atoms with Crippen LogP contribution in [0.2, 0.25) is 0 Å². The Balaban J connectivity index is 2.35. The maximum absolute atomic E-state index is 12.4. The third kappa shape index (κ3) is 2.51. The minimum Gasteiger partial charge on any atom is -0.314 e. The molecule has 1 aliphatic heterocycles. The van der Waals surface area contributed by atoms with E-state index < -0.39 is 10.0 Å². The van der Waals surface area contributed by atoms with Gasteiger partial charge in [0.05, 0.1) is 4.90 Å². The zero-order valence-corrected chi connectivity index (χ0v) is 11.0. The Hall–Kier alpha value is -0.910. The fourth-order valence-corrected chi connectivity index (χ4v) is 3.83. The van der Waals surface area contributed by atoms with Gasteiger partial charge >= 0.3 is 0 Å². The molecule has 1 fully saturated rings. The molecule has 0 radical (unpaired) electrons. The van der Waals surface area contributed by atoms with Gasteiger partial charge < -0.3 is 5.32 Å². The number of hydrogen-bond acceptors (Lipinski definition) is 3. The van der Waals surface area contributed by atoms with Gasteiger partial charge in [-0.3, -0.25) is 0 Å². The van der Waals surface area contributed by atoms with E-state index in [1.54, 1.807) is 22.5 Å². The van der Waals surface area contributed by atoms with Crippen molar-refractivity contribution in [3.8, 4) is 0 Å². The van der Waals surface area contributed by atoms with Gasteiger partial charge in [0.25, 0.3) is 0 Å². The Kier molecular flexibility index (Phi) is 3.51. The molecule has 5 heteroatoms. The molecule has 1 N–H and O–H groups in total. The lowest BCUT2D eigenvalue weighted by Crippen LogP contribution is -2.52. The Morgan fingerprint density at radius 1 is 1.41 bits per heavy atom. The number of rotatable bonds is 2. The average Bonchev–Trinajstić information content (AvgIpc) is 2.29. The van der Waals surface area contributed by atoms with Crippen molar-refractivity contribution in [2.45, 2.75) is 24.8 Å². The highest BCUT2D eigenvalue weighted by Gasteiger charge is 2.30. The molecular formula is C12H18N2O2S. The van der Waals surface area contributed by atoms with E-state index in [-0.39, 0.29) is 6.04 Å². The molecule has 1 atom stereocenters. The van der Waals surface area contributed by atoms with Crippen LogP contribution in [0, 0.1) is 6.92 Å². The summed E-state index contributed by atoms with van der Waals surface area (Å²) in [4.78, 5) is 0.395. The van der Waals surface area contributed by atoms with Gasteiger partial charge in [-0.05, 0) is 31.5 Å². The van der Waals surface area contributed by atoms with Gasteiger partial charge in [0.15, 0.2) is 0 Å². The van der Waals surface area contributed by atoms with Crippen LogP contribution in [0.15, 0.2) is 29.2 Å². The van der Waals surface area contributed by atoms with E-state index in [0.29, 0.717) is 18.0 Å². The summed E-state index contributed by atoms with van der Waals surface area (Å²) < 4.78 is 26.5. The van der Waals surface area contributed by atoms with E-state index in [1.807, 2.05) is 19.9 Å². The van der Waals surface area contributed by atoms with Crippen LogP contribution in [0.25, 0.3) is 0 Å². The van der Waals surface area contributed by atoms with E-state index in [1.165, 1.54) is 0 Å². The molecule has 0 saturated carbocycles. The number of aryl methyl sites for hydroxylation is 1. The third-order valence-corrected chi connectivity index (χ3v) is 5.05. The maximum Gasteiger partial charge on any atom is 0.243 e. The van der Waals surface area contributed by atoms with Crippen molar-refractivity contribution < 1.29 is 8.42 Å². The number of benzene rings is 1. The summed E-state index contributed by atoms with van der Waals surface area (Å²) in [6.07, 6.45) is 0. The molecule has 1 aliphatic rings. The standard InChI is InChI=1S/C12H18N2O2S/c1-10-4-3-5-12(8-10)17(15,16)14-7-6-13-9-11(14)2/h3-5,8,11,13H,6-7,9H2,1-2H3. The fourth-order valence-electron chi connectivity index (χ4n) is 2.09. The molecule has 17 heavy (non-hydrogen) atoms. The van der Waals surface area contributed by atoms with Crippen LogP contribution in [-0.2, 0) is 10.0 Å². The van der Waals surface area contributed by atoms with E-state index >= 15 is 0 Å². The summed E-state index contributed by atoms with van der Waals surface area (Å²) in [5, 5.41) is 3.19. The first kappa shape index (κ1) is 12.5. The molecule has 4 nitrogen and oxygen atoms in total. The molecule has 1 heterocycles. The first-order valence-electron chi connectivity index (χ1n) is 5.81. The zero-order valence-electron chi connectivity index (χ0n) is 10.2. The molecule has 0 aromatic heterocycles. The summed E-state index contributed by atoms with van der Waals surface area (Å²) in [6, 6.07) is 7.09. The summed E-state index contributed by atoms with van der Waals surface area (Å²) in [6.45, 7) is 5.80. The highest BCUT2D eigenvalue weighted by atomic mass is 32.2. The van der Waals surface area contributed by atoms with Crippen molar-refractivity contribution in [3.05, 3.63) is 29.8 Å². The fraction of sp³-hybridized carbons (Fsp3) is 0.500. The number of nitrogens with one attached hydrogen (secondary N) is 1. The van der Waals surface area contributed by atoms with E-state index in [0.717, 1.165) is 12.1 Å². The van der Waals surface area contributed by atoms with E-state index in [4.69, 9.17) is 0 Å². The number of nitrogens with zero attached hydrogens (tertiary/aromatic N) is 1. The molecule has 2 rings (SSSR count). The second-order valence-electron chi connectivity index (χ2n) is 4.49. The Labute approximate surface area is 103 Å². The van der Waals surface area contributed by atoms with Crippen LogP contribution >= 0.6 is 0 Å². The molecule has 0 spiro atoms. The van der Waals surface area contributed by atoms with E-state index in [9.17, 15) is 8.42 Å². The lowest BCUT2D eigenvalue weighted by atomic mass is 10.2. The monoisotopic (exact) mass is 254 g/mol. The van der Waals surface area contributed by atoms with Crippen molar-refractivity contribution in [1.29, 1.82) is 0 Å². The van der Waals surface area contributed by atoms with Gasteiger partial charge in [0, 0.05) is 25.7 Å². The highest BCUT2D eigenvalue weighted by Crippen LogP contribution is 2.19. The lowest BCUT2D eigenvalue weighted by molar-refractivity contribution is 0.284. The Morgan fingerprint density at radius 2 is 2.18 bits per heavy atom. The normalized spacial score (nSPS) is 22.6. The molecule has 0 bridgehead atoms. The van der Waals surface area contributed by atoms with Crippen molar-refractivity contribution >= 4 is 10.0 Å². The molecule has 1 unspecified atom stereocenters. The number of sulfonamides is 1. The van der Waals surface area contributed by atoms with Gasteiger partial charge in [-0.2, -0.15) is 4.31 Å². The van der Waals surface area contributed by atoms with Crippen LogP contribution in [0.5, 0.6) is 0 Å². The summed E-state index contributed by atoms with van der Waals surface area (Å²) in [7, 11) is -3.34. The minimum atomic E-state index is -3.34. The summed E-state index contributed by atoms with van der Waals surface area (Å²) in [5.74, 6) is 0. The quantitative estimate of drug-likeness (QED) is 0.856. The highest BCUT2D eigenvalue weighted by molar-refractivity contribution is 7.89. The van der Waals surface area contributed by atoms with Crippen LogP contribution in [0.1, 0.15) is 12.5 Å². The van der Waals surface area contributed by atoms with Crippen LogP contribution in [0.4, 0.5) is 0 Å². The van der Waals surface area contributed by atoms with Gasteiger partial charge in [-0.15, -0.1) is 0 Å². The zero-order chi connectivity index (χ0) is 12.5. The van der Waals surface area contributed by atoms with Gasteiger partial charge in [0.2, 0.25) is 10.0 Å². The largest absolute Gasteiger partial charge is 0.314 e. The van der Waals surface area contributed by atoms with Crippen LogP contribution in [0.3, 0.4) is 0 Å². The van der Waals surface area contributed by atoms with Crippen molar-refractivity contribution in [2.75, 3.05) is 19.6 Å². The van der Waals surface area contributed by atoms with Gasteiger partial charge in [0.1, 0.15) is 0 Å². The molecule has 94 valence electrons. The smallest absolute Gasteiger partial charge is 0.243 e. The number of piperazine rings is 1. The minimum absolute atomic E-state index is 0.00858. The molecule has 1 aromatic rings. The molecule has 1 aromatic carbocycles. The number of hydrogen-bond donors (Lipinski definition) is 1. The second-order valence-corrected chi connectivity index (χ2v) is 6.38. The Morgan fingerprint density at radius 3 is 2.82 bits per heavy atom. The summed E-state index contributed by atoms with van der Waals surface area (Å²) >= 11 is 0.